The van der Waals surface area contributed by atoms with Gasteiger partial charge in [-0.25, -0.2) is 4.79 Å². The summed E-state index contributed by atoms with van der Waals surface area (Å²) in [4.78, 5) is 14.3. The van der Waals surface area contributed by atoms with Crippen LogP contribution in [0, 0.1) is 0 Å². The lowest BCUT2D eigenvalue weighted by Crippen LogP contribution is -2.27. The van der Waals surface area contributed by atoms with Gasteiger partial charge in [-0.05, 0) is 30.0 Å². The molecule has 1 heterocycles. The standard InChI is InChI=1S/C18H18N2O2/c21-18(22)20-16(13-6-2-1-3-7-13)11-10-14-12-19-17-9-5-4-8-15(14)17/h1-9,12,16,19-20H,10-11H2,(H,21,22)/t16-/m0/s1. The van der Waals surface area contributed by atoms with Gasteiger partial charge in [-0.1, -0.05) is 48.5 Å². The van der Waals surface area contributed by atoms with Crippen molar-refractivity contribution >= 4 is 17.0 Å². The van der Waals surface area contributed by atoms with Crippen molar-refractivity contribution in [3.8, 4) is 0 Å². The Kier molecular flexibility index (Phi) is 4.10. The first-order valence-electron chi connectivity index (χ1n) is 7.33. The van der Waals surface area contributed by atoms with E-state index in [0.717, 1.165) is 23.9 Å². The summed E-state index contributed by atoms with van der Waals surface area (Å²) < 4.78 is 0. The number of para-hydroxylation sites is 1. The van der Waals surface area contributed by atoms with Gasteiger partial charge in [-0.15, -0.1) is 0 Å². The van der Waals surface area contributed by atoms with Crippen LogP contribution in [0.1, 0.15) is 23.6 Å². The first-order valence-corrected chi connectivity index (χ1v) is 7.33. The topological polar surface area (TPSA) is 65.1 Å². The van der Waals surface area contributed by atoms with Crippen molar-refractivity contribution in [1.29, 1.82) is 0 Å². The molecular formula is C18H18N2O2. The van der Waals surface area contributed by atoms with E-state index in [0.29, 0.717) is 0 Å². The van der Waals surface area contributed by atoms with E-state index in [9.17, 15) is 4.79 Å². The number of rotatable bonds is 5. The summed E-state index contributed by atoms with van der Waals surface area (Å²) in [6.07, 6.45) is 2.54. The molecule has 1 aromatic heterocycles. The van der Waals surface area contributed by atoms with Crippen LogP contribution < -0.4 is 5.32 Å². The summed E-state index contributed by atoms with van der Waals surface area (Å²) in [6, 6.07) is 17.6. The third-order valence-corrected chi connectivity index (χ3v) is 3.88. The van der Waals surface area contributed by atoms with Crippen molar-refractivity contribution in [3.05, 3.63) is 71.9 Å². The first kappa shape index (κ1) is 14.2. The Balaban J connectivity index is 1.78. The molecule has 112 valence electrons. The molecule has 0 spiro atoms. The fraction of sp³-hybridized carbons (Fsp3) is 0.167. The van der Waals surface area contributed by atoms with Gasteiger partial charge < -0.3 is 15.4 Å². The fourth-order valence-corrected chi connectivity index (χ4v) is 2.79. The second kappa shape index (κ2) is 6.35. The van der Waals surface area contributed by atoms with Crippen LogP contribution in [0.2, 0.25) is 0 Å². The molecule has 2 aromatic carbocycles. The molecule has 0 saturated heterocycles. The fourth-order valence-electron chi connectivity index (χ4n) is 2.79. The lowest BCUT2D eigenvalue weighted by Gasteiger charge is -2.17. The quantitative estimate of drug-likeness (QED) is 0.663. The molecule has 0 bridgehead atoms. The van der Waals surface area contributed by atoms with Crippen molar-refractivity contribution in [2.45, 2.75) is 18.9 Å². The van der Waals surface area contributed by atoms with Gasteiger partial charge in [-0.3, -0.25) is 0 Å². The Morgan fingerprint density at radius 1 is 1.09 bits per heavy atom. The number of aromatic nitrogens is 1. The van der Waals surface area contributed by atoms with Gasteiger partial charge in [-0.2, -0.15) is 0 Å². The van der Waals surface area contributed by atoms with Crippen molar-refractivity contribution in [3.63, 3.8) is 0 Å². The smallest absolute Gasteiger partial charge is 0.405 e. The van der Waals surface area contributed by atoms with E-state index in [-0.39, 0.29) is 6.04 Å². The molecule has 3 aromatic rings. The van der Waals surface area contributed by atoms with Gasteiger partial charge in [0.25, 0.3) is 0 Å². The lowest BCUT2D eigenvalue weighted by atomic mass is 9.99. The van der Waals surface area contributed by atoms with E-state index in [1.165, 1.54) is 10.9 Å². The van der Waals surface area contributed by atoms with Crippen molar-refractivity contribution in [2.24, 2.45) is 0 Å². The predicted octanol–water partition coefficient (Wildman–Crippen LogP) is 4.11. The van der Waals surface area contributed by atoms with Crippen LogP contribution in [0.5, 0.6) is 0 Å². The molecule has 4 heteroatoms. The Morgan fingerprint density at radius 3 is 2.59 bits per heavy atom. The minimum absolute atomic E-state index is 0.202. The Hall–Kier alpha value is -2.75. The zero-order valence-corrected chi connectivity index (χ0v) is 12.1. The van der Waals surface area contributed by atoms with E-state index >= 15 is 0 Å². The zero-order valence-electron chi connectivity index (χ0n) is 12.1. The Bertz CT molecular complexity index is 765. The number of benzene rings is 2. The van der Waals surface area contributed by atoms with Crippen LogP contribution in [-0.4, -0.2) is 16.2 Å². The molecule has 3 N–H and O–H groups in total. The second-order valence-electron chi connectivity index (χ2n) is 5.31. The second-order valence-corrected chi connectivity index (χ2v) is 5.31. The molecular weight excluding hydrogens is 276 g/mol. The maximum atomic E-state index is 11.0. The van der Waals surface area contributed by atoms with Crippen molar-refractivity contribution in [1.82, 2.24) is 10.3 Å². The third kappa shape index (κ3) is 3.11. The number of carbonyl (C=O) groups is 1. The molecule has 22 heavy (non-hydrogen) atoms. The van der Waals surface area contributed by atoms with E-state index in [1.807, 2.05) is 54.7 Å². The van der Waals surface area contributed by atoms with E-state index in [2.05, 4.69) is 16.4 Å². The number of amides is 1. The van der Waals surface area contributed by atoms with Gasteiger partial charge in [0.1, 0.15) is 0 Å². The Labute approximate surface area is 128 Å². The predicted molar refractivity (Wildman–Crippen MR) is 87.0 cm³/mol. The molecule has 0 unspecified atom stereocenters. The van der Waals surface area contributed by atoms with Crippen LogP contribution in [0.15, 0.2) is 60.8 Å². The highest BCUT2D eigenvalue weighted by atomic mass is 16.4. The maximum Gasteiger partial charge on any atom is 0.405 e. The van der Waals surface area contributed by atoms with Gasteiger partial charge in [0.05, 0.1) is 6.04 Å². The van der Waals surface area contributed by atoms with Crippen LogP contribution in [-0.2, 0) is 6.42 Å². The van der Waals surface area contributed by atoms with E-state index in [4.69, 9.17) is 5.11 Å². The number of aryl methyl sites for hydroxylation is 1. The average Bonchev–Trinajstić information content (AvgIpc) is 2.95. The maximum absolute atomic E-state index is 11.0. The summed E-state index contributed by atoms with van der Waals surface area (Å²) in [5, 5.41) is 12.9. The number of H-pyrrole nitrogens is 1. The highest BCUT2D eigenvalue weighted by molar-refractivity contribution is 5.83. The zero-order chi connectivity index (χ0) is 15.4. The molecule has 0 aliphatic heterocycles. The summed E-state index contributed by atoms with van der Waals surface area (Å²) in [6.45, 7) is 0. The third-order valence-electron chi connectivity index (χ3n) is 3.88. The number of hydrogen-bond acceptors (Lipinski definition) is 1. The summed E-state index contributed by atoms with van der Waals surface area (Å²) in [7, 11) is 0. The van der Waals surface area contributed by atoms with Gasteiger partial charge >= 0.3 is 6.09 Å². The molecule has 0 aliphatic rings. The summed E-state index contributed by atoms with van der Waals surface area (Å²) >= 11 is 0. The van der Waals surface area contributed by atoms with Gasteiger partial charge in [0, 0.05) is 17.1 Å². The van der Waals surface area contributed by atoms with Crippen molar-refractivity contribution in [2.75, 3.05) is 0 Å². The molecule has 3 rings (SSSR count). The molecule has 0 radical (unpaired) electrons. The first-order chi connectivity index (χ1) is 10.7. The molecule has 4 nitrogen and oxygen atoms in total. The van der Waals surface area contributed by atoms with Crippen LogP contribution in [0.4, 0.5) is 4.79 Å². The monoisotopic (exact) mass is 294 g/mol. The van der Waals surface area contributed by atoms with Crippen LogP contribution >= 0.6 is 0 Å². The number of carboxylic acid groups (broad SMARTS) is 1. The molecule has 0 saturated carbocycles. The minimum atomic E-state index is -0.993. The molecule has 1 amide bonds. The number of hydrogen-bond donors (Lipinski definition) is 3. The van der Waals surface area contributed by atoms with Gasteiger partial charge in [0.15, 0.2) is 0 Å². The largest absolute Gasteiger partial charge is 0.465 e. The van der Waals surface area contributed by atoms with Gasteiger partial charge in [0.2, 0.25) is 0 Å². The minimum Gasteiger partial charge on any atom is -0.465 e. The lowest BCUT2D eigenvalue weighted by molar-refractivity contribution is 0.189. The summed E-state index contributed by atoms with van der Waals surface area (Å²) in [5.41, 5.74) is 3.31. The summed E-state index contributed by atoms with van der Waals surface area (Å²) in [5.74, 6) is 0. The Morgan fingerprint density at radius 2 is 1.82 bits per heavy atom. The molecule has 0 fully saturated rings. The van der Waals surface area contributed by atoms with Crippen LogP contribution in [0.3, 0.4) is 0 Å². The molecule has 1 atom stereocenters. The normalized spacial score (nSPS) is 12.2. The highest BCUT2D eigenvalue weighted by Gasteiger charge is 2.14. The van der Waals surface area contributed by atoms with Crippen molar-refractivity contribution < 1.29 is 9.90 Å². The number of aromatic amines is 1. The van der Waals surface area contributed by atoms with E-state index < -0.39 is 6.09 Å². The number of nitrogens with one attached hydrogen (secondary N) is 2. The highest BCUT2D eigenvalue weighted by Crippen LogP contribution is 2.23. The van der Waals surface area contributed by atoms with E-state index in [1.54, 1.807) is 0 Å². The van der Waals surface area contributed by atoms with Crippen LogP contribution in [0.25, 0.3) is 10.9 Å². The SMILES string of the molecule is O=C(O)N[C@@H](CCc1c[nH]c2ccccc12)c1ccccc1. The average molecular weight is 294 g/mol. The number of fused-ring (bicyclic) bond motifs is 1. The molecule has 0 aliphatic carbocycles.